The van der Waals surface area contributed by atoms with Gasteiger partial charge in [-0.1, -0.05) is 30.4 Å². The van der Waals surface area contributed by atoms with Gasteiger partial charge in [0.05, 0.1) is 11.8 Å². The van der Waals surface area contributed by atoms with E-state index >= 15 is 0 Å². The van der Waals surface area contributed by atoms with Crippen LogP contribution in [-0.4, -0.2) is 27.2 Å². The second-order valence-electron chi connectivity index (χ2n) is 5.58. The third-order valence-electron chi connectivity index (χ3n) is 4.21. The first-order chi connectivity index (χ1) is 10.1. The van der Waals surface area contributed by atoms with Crippen molar-refractivity contribution >= 4 is 28.3 Å². The van der Waals surface area contributed by atoms with E-state index < -0.39 is 17.8 Å². The van der Waals surface area contributed by atoms with Gasteiger partial charge in [0.25, 0.3) is 0 Å². The maximum absolute atomic E-state index is 12.4. The maximum atomic E-state index is 12.4. The molecule has 0 spiro atoms. The van der Waals surface area contributed by atoms with E-state index in [9.17, 15) is 14.7 Å². The Balaban J connectivity index is 1.72. The Labute approximate surface area is 126 Å². The Kier molecular flexibility index (Phi) is 3.75. The minimum Gasteiger partial charge on any atom is -0.481 e. The number of nitrogens with zero attached hydrogens (tertiary/aromatic N) is 2. The molecule has 0 radical (unpaired) electrons. The fourth-order valence-corrected chi connectivity index (χ4v) is 4.17. The number of aromatic nitrogens is 2. The van der Waals surface area contributed by atoms with Crippen molar-refractivity contribution in [1.82, 2.24) is 10.2 Å². The van der Waals surface area contributed by atoms with E-state index in [1.807, 2.05) is 12.2 Å². The van der Waals surface area contributed by atoms with Gasteiger partial charge in [0.1, 0.15) is 5.01 Å². The lowest BCUT2D eigenvalue weighted by atomic mass is 9.82. The first-order valence-corrected chi connectivity index (χ1v) is 7.96. The molecule has 4 atom stereocenters. The smallest absolute Gasteiger partial charge is 0.307 e. The van der Waals surface area contributed by atoms with E-state index in [0.29, 0.717) is 5.13 Å². The molecule has 112 valence electrons. The monoisotopic (exact) mass is 307 g/mol. The van der Waals surface area contributed by atoms with Gasteiger partial charge in [-0.2, -0.15) is 0 Å². The highest BCUT2D eigenvalue weighted by Gasteiger charge is 2.51. The molecular weight excluding hydrogens is 290 g/mol. The van der Waals surface area contributed by atoms with Crippen molar-refractivity contribution in [2.45, 2.75) is 26.2 Å². The normalized spacial score (nSPS) is 29.8. The van der Waals surface area contributed by atoms with E-state index in [1.165, 1.54) is 11.3 Å². The molecule has 1 heterocycles. The Morgan fingerprint density at radius 2 is 2.05 bits per heavy atom. The van der Waals surface area contributed by atoms with Crippen molar-refractivity contribution in [2.24, 2.45) is 23.7 Å². The molecule has 2 bridgehead atoms. The molecule has 7 heteroatoms. The van der Waals surface area contributed by atoms with Crippen LogP contribution >= 0.6 is 11.3 Å². The van der Waals surface area contributed by atoms with Gasteiger partial charge in [0, 0.05) is 6.42 Å². The number of aryl methyl sites for hydroxylation is 1. The van der Waals surface area contributed by atoms with E-state index in [1.54, 1.807) is 0 Å². The van der Waals surface area contributed by atoms with Gasteiger partial charge < -0.3 is 10.4 Å². The van der Waals surface area contributed by atoms with Crippen molar-refractivity contribution in [3.05, 3.63) is 17.2 Å². The fraction of sp³-hybridized carbons (Fsp3) is 0.571. The topological polar surface area (TPSA) is 92.2 Å². The number of anilines is 1. The first-order valence-electron chi connectivity index (χ1n) is 7.14. The van der Waals surface area contributed by atoms with Crippen LogP contribution in [0.5, 0.6) is 0 Å². The Bertz CT molecular complexity index is 598. The summed E-state index contributed by atoms with van der Waals surface area (Å²) in [5.41, 5.74) is 0. The number of carboxylic acid groups (broad SMARTS) is 1. The second kappa shape index (κ2) is 5.55. The van der Waals surface area contributed by atoms with Crippen molar-refractivity contribution in [2.75, 3.05) is 5.32 Å². The van der Waals surface area contributed by atoms with Crippen molar-refractivity contribution in [3.8, 4) is 0 Å². The van der Waals surface area contributed by atoms with Gasteiger partial charge in [-0.05, 0) is 24.7 Å². The summed E-state index contributed by atoms with van der Waals surface area (Å²) in [5.74, 6) is -2.26. The number of amides is 1. The molecule has 6 nitrogen and oxygen atoms in total. The number of hydrogen-bond donors (Lipinski definition) is 2. The summed E-state index contributed by atoms with van der Waals surface area (Å²) in [7, 11) is 0. The molecule has 2 N–H and O–H groups in total. The number of allylic oxidation sites excluding steroid dienone is 2. The maximum Gasteiger partial charge on any atom is 0.307 e. The van der Waals surface area contributed by atoms with E-state index in [0.717, 1.165) is 24.3 Å². The molecule has 1 fully saturated rings. The second-order valence-corrected chi connectivity index (χ2v) is 6.64. The number of carbonyl (C=O) groups excluding carboxylic acids is 1. The summed E-state index contributed by atoms with van der Waals surface area (Å²) in [5, 5.41) is 21.4. The quantitative estimate of drug-likeness (QED) is 0.811. The summed E-state index contributed by atoms with van der Waals surface area (Å²) in [6, 6.07) is 0. The number of hydrogen-bond acceptors (Lipinski definition) is 5. The number of rotatable bonds is 5. The average Bonchev–Trinajstić information content (AvgIpc) is 3.13. The van der Waals surface area contributed by atoms with Crippen LogP contribution in [0.3, 0.4) is 0 Å². The van der Waals surface area contributed by atoms with E-state index in [-0.39, 0.29) is 17.7 Å². The van der Waals surface area contributed by atoms with Crippen LogP contribution in [0.25, 0.3) is 0 Å². The highest BCUT2D eigenvalue weighted by atomic mass is 32.1. The molecule has 0 aliphatic heterocycles. The summed E-state index contributed by atoms with van der Waals surface area (Å²) < 4.78 is 0. The zero-order chi connectivity index (χ0) is 15.0. The predicted molar refractivity (Wildman–Crippen MR) is 77.9 cm³/mol. The Morgan fingerprint density at radius 1 is 1.33 bits per heavy atom. The SMILES string of the molecule is CCCc1nnc(NC(=O)C2C3C=CC(C3)C2C(=O)O)s1. The lowest BCUT2D eigenvalue weighted by Gasteiger charge is -2.23. The van der Waals surface area contributed by atoms with Gasteiger partial charge in [0.15, 0.2) is 0 Å². The van der Waals surface area contributed by atoms with Gasteiger partial charge in [-0.25, -0.2) is 0 Å². The lowest BCUT2D eigenvalue weighted by molar-refractivity contribution is -0.146. The number of fused-ring (bicyclic) bond motifs is 2. The van der Waals surface area contributed by atoms with Crippen LogP contribution in [0.2, 0.25) is 0 Å². The van der Waals surface area contributed by atoms with Gasteiger partial charge in [-0.3, -0.25) is 9.59 Å². The van der Waals surface area contributed by atoms with Crippen LogP contribution < -0.4 is 5.32 Å². The van der Waals surface area contributed by atoms with Crippen molar-refractivity contribution < 1.29 is 14.7 Å². The predicted octanol–water partition coefficient (Wildman–Crippen LogP) is 1.95. The first kappa shape index (κ1) is 14.2. The summed E-state index contributed by atoms with van der Waals surface area (Å²) in [4.78, 5) is 23.8. The third kappa shape index (κ3) is 2.57. The molecule has 21 heavy (non-hydrogen) atoms. The largest absolute Gasteiger partial charge is 0.481 e. The number of nitrogens with one attached hydrogen (secondary N) is 1. The van der Waals surface area contributed by atoms with Crippen LogP contribution in [0.15, 0.2) is 12.2 Å². The van der Waals surface area contributed by atoms with Crippen molar-refractivity contribution in [1.29, 1.82) is 0 Å². The molecule has 1 amide bonds. The number of carboxylic acids is 1. The summed E-state index contributed by atoms with van der Waals surface area (Å²) >= 11 is 1.35. The highest BCUT2D eigenvalue weighted by Crippen LogP contribution is 2.48. The highest BCUT2D eigenvalue weighted by molar-refractivity contribution is 7.15. The molecule has 2 aliphatic carbocycles. The lowest BCUT2D eigenvalue weighted by Crippen LogP contribution is -2.36. The molecule has 4 unspecified atom stereocenters. The molecule has 0 saturated heterocycles. The van der Waals surface area contributed by atoms with Gasteiger partial charge in [0.2, 0.25) is 11.0 Å². The molecule has 3 rings (SSSR count). The molecule has 0 aromatic carbocycles. The standard InChI is InChI=1S/C14H17N3O3S/c1-2-3-9-16-17-14(21-9)15-12(18)10-7-4-5-8(6-7)11(10)13(19)20/h4-5,7-8,10-11H,2-3,6H2,1H3,(H,19,20)(H,15,17,18). The summed E-state index contributed by atoms with van der Waals surface area (Å²) in [6.07, 6.45) is 6.46. The number of aliphatic carboxylic acids is 1. The third-order valence-corrected chi connectivity index (χ3v) is 5.11. The molecule has 1 aromatic rings. The molecular formula is C14H17N3O3S. The van der Waals surface area contributed by atoms with Crippen LogP contribution in [-0.2, 0) is 16.0 Å². The van der Waals surface area contributed by atoms with Crippen LogP contribution in [0.1, 0.15) is 24.8 Å². The van der Waals surface area contributed by atoms with Crippen molar-refractivity contribution in [3.63, 3.8) is 0 Å². The molecule has 2 aliphatic rings. The summed E-state index contributed by atoms with van der Waals surface area (Å²) in [6.45, 7) is 2.05. The van der Waals surface area contributed by atoms with Gasteiger partial charge in [-0.15, -0.1) is 10.2 Å². The van der Waals surface area contributed by atoms with E-state index in [4.69, 9.17) is 0 Å². The van der Waals surface area contributed by atoms with Crippen LogP contribution in [0.4, 0.5) is 5.13 Å². The van der Waals surface area contributed by atoms with E-state index in [2.05, 4.69) is 22.4 Å². The Hall–Kier alpha value is -1.76. The zero-order valence-corrected chi connectivity index (χ0v) is 12.5. The Morgan fingerprint density at radius 3 is 2.71 bits per heavy atom. The number of carbonyl (C=O) groups is 2. The zero-order valence-electron chi connectivity index (χ0n) is 11.7. The minimum atomic E-state index is -0.893. The van der Waals surface area contributed by atoms with Crippen LogP contribution in [0, 0.1) is 23.7 Å². The molecule has 1 aromatic heterocycles. The fourth-order valence-electron chi connectivity index (χ4n) is 3.32. The average molecular weight is 307 g/mol. The van der Waals surface area contributed by atoms with Gasteiger partial charge >= 0.3 is 5.97 Å². The minimum absolute atomic E-state index is 0.0201. The molecule has 1 saturated carbocycles.